The smallest absolute Gasteiger partial charge is 0.230 e. The van der Waals surface area contributed by atoms with Gasteiger partial charge < -0.3 is 19.3 Å². The monoisotopic (exact) mass is 498 g/mol. The van der Waals surface area contributed by atoms with E-state index in [1.165, 1.54) is 0 Å². The number of rotatable bonds is 8. The highest BCUT2D eigenvalue weighted by molar-refractivity contribution is 6.30. The average molecular weight is 499 g/mol. The number of piperidine rings is 1. The first-order valence-corrected chi connectivity index (χ1v) is 12.9. The number of benzene rings is 2. The number of likely N-dealkylation sites (tertiary alicyclic amines) is 1. The van der Waals surface area contributed by atoms with E-state index in [-0.39, 0.29) is 17.7 Å². The number of ether oxygens (including phenoxy) is 2. The normalized spacial score (nSPS) is 21.4. The lowest BCUT2D eigenvalue weighted by Gasteiger charge is -2.44. The topological polar surface area (TPSA) is 59.1 Å². The highest BCUT2D eigenvalue weighted by Crippen LogP contribution is 2.37. The first kappa shape index (κ1) is 25.5. The number of amides is 2. The van der Waals surface area contributed by atoms with Gasteiger partial charge >= 0.3 is 0 Å². The van der Waals surface area contributed by atoms with Crippen LogP contribution in [0.3, 0.4) is 0 Å². The molecule has 2 atom stereocenters. The summed E-state index contributed by atoms with van der Waals surface area (Å²) < 4.78 is 11.6. The Labute approximate surface area is 213 Å². The molecule has 0 aromatic heterocycles. The summed E-state index contributed by atoms with van der Waals surface area (Å²) in [7, 11) is 0. The third-order valence-electron chi connectivity index (χ3n) is 7.13. The van der Waals surface area contributed by atoms with Crippen molar-refractivity contribution < 1.29 is 19.1 Å². The highest BCUT2D eigenvalue weighted by atomic mass is 35.5. The van der Waals surface area contributed by atoms with E-state index >= 15 is 0 Å². The first-order valence-electron chi connectivity index (χ1n) is 12.6. The molecular weight excluding hydrogens is 464 g/mol. The Morgan fingerprint density at radius 3 is 2.43 bits per heavy atom. The van der Waals surface area contributed by atoms with Crippen LogP contribution < -0.4 is 4.74 Å². The first-order chi connectivity index (χ1) is 17.0. The minimum Gasteiger partial charge on any atom is -0.493 e. The van der Waals surface area contributed by atoms with Gasteiger partial charge in [0.15, 0.2) is 0 Å². The van der Waals surface area contributed by atoms with Crippen molar-refractivity contribution in [1.29, 1.82) is 0 Å². The third-order valence-corrected chi connectivity index (χ3v) is 7.38. The van der Waals surface area contributed by atoms with E-state index in [9.17, 15) is 9.59 Å². The Hall–Kier alpha value is -2.57. The summed E-state index contributed by atoms with van der Waals surface area (Å²) in [4.78, 5) is 30.8. The summed E-state index contributed by atoms with van der Waals surface area (Å²) in [6, 6.07) is 17.2. The number of nitrogens with zero attached hydrogens (tertiary/aromatic N) is 2. The quantitative estimate of drug-likeness (QED) is 0.526. The average Bonchev–Trinajstić information content (AvgIpc) is 2.90. The van der Waals surface area contributed by atoms with Gasteiger partial charge in [0.25, 0.3) is 0 Å². The van der Waals surface area contributed by atoms with Crippen LogP contribution in [0.4, 0.5) is 0 Å². The second-order valence-electron chi connectivity index (χ2n) is 9.65. The molecule has 4 rings (SSSR count). The van der Waals surface area contributed by atoms with E-state index < -0.39 is 5.41 Å². The van der Waals surface area contributed by atoms with Gasteiger partial charge in [-0.3, -0.25) is 9.59 Å². The van der Waals surface area contributed by atoms with E-state index in [0.29, 0.717) is 63.2 Å². The van der Waals surface area contributed by atoms with Gasteiger partial charge in [0.05, 0.1) is 25.7 Å². The van der Waals surface area contributed by atoms with E-state index in [4.69, 9.17) is 21.1 Å². The molecule has 0 saturated carbocycles. The Balaban J connectivity index is 1.53. The fraction of sp³-hybridized carbons (Fsp3) is 0.500. The van der Waals surface area contributed by atoms with E-state index in [1.54, 1.807) is 12.1 Å². The van der Waals surface area contributed by atoms with Crippen molar-refractivity contribution in [3.8, 4) is 5.75 Å². The zero-order chi connectivity index (χ0) is 24.7. The van der Waals surface area contributed by atoms with Crippen LogP contribution in [0.2, 0.25) is 5.02 Å². The molecule has 2 aliphatic heterocycles. The number of morpholine rings is 1. The van der Waals surface area contributed by atoms with Crippen LogP contribution in [0, 0.1) is 5.41 Å². The van der Waals surface area contributed by atoms with Crippen molar-refractivity contribution in [1.82, 2.24) is 9.80 Å². The predicted octanol–water partition coefficient (Wildman–Crippen LogP) is 4.77. The van der Waals surface area contributed by atoms with Gasteiger partial charge in [-0.1, -0.05) is 48.9 Å². The molecule has 0 N–H and O–H groups in total. The van der Waals surface area contributed by atoms with Gasteiger partial charge in [0.1, 0.15) is 5.75 Å². The van der Waals surface area contributed by atoms with Crippen molar-refractivity contribution >= 4 is 23.4 Å². The Morgan fingerprint density at radius 1 is 1.03 bits per heavy atom. The molecule has 2 aliphatic rings. The Kier molecular flexibility index (Phi) is 8.69. The molecule has 0 spiro atoms. The third kappa shape index (κ3) is 6.56. The van der Waals surface area contributed by atoms with Crippen molar-refractivity contribution in [3.05, 3.63) is 65.2 Å². The zero-order valence-electron chi connectivity index (χ0n) is 20.5. The largest absolute Gasteiger partial charge is 0.493 e. The molecule has 7 heteroatoms. The Bertz CT molecular complexity index is 978. The summed E-state index contributed by atoms with van der Waals surface area (Å²) in [5.41, 5.74) is 0.593. The molecule has 0 aliphatic carbocycles. The molecule has 188 valence electrons. The maximum atomic E-state index is 13.7. The molecule has 35 heavy (non-hydrogen) atoms. The van der Waals surface area contributed by atoms with Crippen LogP contribution in [0.1, 0.15) is 44.1 Å². The summed E-state index contributed by atoms with van der Waals surface area (Å²) in [6.07, 6.45) is 2.77. The molecule has 2 aromatic rings. The molecule has 2 unspecified atom stereocenters. The molecule has 2 aromatic carbocycles. The van der Waals surface area contributed by atoms with Crippen LogP contribution in [-0.2, 0) is 14.3 Å². The number of carbonyl (C=O) groups excluding carboxylic acids is 2. The van der Waals surface area contributed by atoms with Gasteiger partial charge in [-0.2, -0.15) is 0 Å². The minimum atomic E-state index is -0.447. The van der Waals surface area contributed by atoms with Crippen molar-refractivity contribution in [2.45, 2.75) is 38.5 Å². The lowest BCUT2D eigenvalue weighted by Crippen LogP contribution is -2.52. The van der Waals surface area contributed by atoms with Gasteiger partial charge in [0.2, 0.25) is 11.8 Å². The molecule has 6 nitrogen and oxygen atoms in total. The second kappa shape index (κ2) is 11.9. The molecule has 0 bridgehead atoms. The van der Waals surface area contributed by atoms with E-state index in [2.05, 4.69) is 6.92 Å². The maximum absolute atomic E-state index is 13.7. The van der Waals surface area contributed by atoms with Crippen LogP contribution in [-0.4, -0.2) is 67.6 Å². The van der Waals surface area contributed by atoms with Gasteiger partial charge in [0, 0.05) is 43.0 Å². The number of hydrogen-bond donors (Lipinski definition) is 0. The van der Waals surface area contributed by atoms with Crippen molar-refractivity contribution in [2.75, 3.05) is 46.0 Å². The SMILES string of the molecule is CCC(C(=O)N1CCCC(COc2ccc(Cl)cc2)(CC(=O)N2CCOCC2)C1)c1ccccc1. The molecule has 2 amide bonds. The van der Waals surface area contributed by atoms with E-state index in [0.717, 1.165) is 24.8 Å². The fourth-order valence-corrected chi connectivity index (χ4v) is 5.31. The highest BCUT2D eigenvalue weighted by Gasteiger charge is 2.42. The van der Waals surface area contributed by atoms with Crippen LogP contribution in [0.25, 0.3) is 0 Å². The second-order valence-corrected chi connectivity index (χ2v) is 10.1. The molecule has 2 saturated heterocycles. The minimum absolute atomic E-state index is 0.109. The van der Waals surface area contributed by atoms with Gasteiger partial charge in [-0.25, -0.2) is 0 Å². The molecule has 2 heterocycles. The van der Waals surface area contributed by atoms with E-state index in [1.807, 2.05) is 52.3 Å². The number of carbonyl (C=O) groups is 2. The number of hydrogen-bond acceptors (Lipinski definition) is 4. The van der Waals surface area contributed by atoms with Crippen molar-refractivity contribution in [2.24, 2.45) is 5.41 Å². The Morgan fingerprint density at radius 2 is 1.74 bits per heavy atom. The molecule has 2 fully saturated rings. The summed E-state index contributed by atoms with van der Waals surface area (Å²) in [5, 5.41) is 0.649. The summed E-state index contributed by atoms with van der Waals surface area (Å²) >= 11 is 6.03. The number of halogens is 1. The lowest BCUT2D eigenvalue weighted by molar-refractivity contribution is -0.144. The summed E-state index contributed by atoms with van der Waals surface area (Å²) in [6.45, 7) is 6.01. The van der Waals surface area contributed by atoms with Crippen LogP contribution in [0.5, 0.6) is 5.75 Å². The fourth-order valence-electron chi connectivity index (χ4n) is 5.18. The van der Waals surface area contributed by atoms with Gasteiger partial charge in [-0.15, -0.1) is 0 Å². The van der Waals surface area contributed by atoms with Crippen molar-refractivity contribution in [3.63, 3.8) is 0 Å². The standard InChI is InChI=1S/C28H35ClN2O4/c1-2-25(22-7-4-3-5-8-22)27(33)31-14-6-13-28(20-31,19-26(32)30-15-17-34-18-16-30)21-35-24-11-9-23(29)10-12-24/h3-5,7-12,25H,2,6,13-21H2,1H3. The summed E-state index contributed by atoms with van der Waals surface area (Å²) in [5.74, 6) is 0.774. The predicted molar refractivity (Wildman–Crippen MR) is 137 cm³/mol. The molecular formula is C28H35ClN2O4. The van der Waals surface area contributed by atoms with Crippen LogP contribution >= 0.6 is 11.6 Å². The maximum Gasteiger partial charge on any atom is 0.230 e. The van der Waals surface area contributed by atoms with Crippen LogP contribution in [0.15, 0.2) is 54.6 Å². The molecule has 0 radical (unpaired) electrons. The van der Waals surface area contributed by atoms with Gasteiger partial charge in [-0.05, 0) is 49.1 Å². The lowest BCUT2D eigenvalue weighted by atomic mass is 9.76. The zero-order valence-corrected chi connectivity index (χ0v) is 21.2.